The lowest BCUT2D eigenvalue weighted by Crippen LogP contribution is -2.37. The van der Waals surface area contributed by atoms with E-state index in [9.17, 15) is 19.0 Å². The molecule has 0 aromatic rings. The molecule has 476 valence electrons. The molecule has 0 amide bonds. The van der Waals surface area contributed by atoms with Gasteiger partial charge in [0, 0.05) is 12.8 Å². The molecule has 2 unspecified atom stereocenters. The zero-order chi connectivity index (χ0) is 59.1. The van der Waals surface area contributed by atoms with E-state index in [0.717, 1.165) is 83.5 Å². The average molecular weight is 1160 g/mol. The van der Waals surface area contributed by atoms with Crippen LogP contribution in [0.25, 0.3) is 0 Å². The van der Waals surface area contributed by atoms with Crippen LogP contribution in [-0.4, -0.2) is 74.9 Å². The molecule has 0 fully saturated rings. The Labute approximate surface area is 503 Å². The van der Waals surface area contributed by atoms with Gasteiger partial charge in [0.2, 0.25) is 0 Å². The normalized spacial score (nSPS) is 13.4. The Balaban J connectivity index is 3.90. The Kier molecular flexibility index (Phi) is 60.9. The predicted molar refractivity (Wildman–Crippen MR) is 349 cm³/mol. The minimum atomic E-state index is -4.39. The van der Waals surface area contributed by atoms with Crippen molar-refractivity contribution in [3.8, 4) is 0 Å². The van der Waals surface area contributed by atoms with Crippen LogP contribution in [0.15, 0.2) is 48.6 Å². The molecule has 0 spiro atoms. The minimum Gasteiger partial charge on any atom is -0.462 e. The molecule has 0 aliphatic heterocycles. The SMILES string of the molecule is CC/C=C\C/C=C\C/C=C\C/C=C\CCCCCCCCC(=O)OC(COC(=O)CCCCCCCCCCCCCCCCCCCCCCCCCCCCCCCCCCCCCCCC)COP(=O)(O)OCC[N+](C)(C)C. The lowest BCUT2D eigenvalue weighted by Gasteiger charge is -2.24. The molecule has 0 radical (unpaired) electrons. The topological polar surface area (TPSA) is 108 Å². The minimum absolute atomic E-state index is 0.0287. The van der Waals surface area contributed by atoms with Gasteiger partial charge in [0.25, 0.3) is 0 Å². The number of carbonyl (C=O) groups excluding carboxylic acids is 2. The van der Waals surface area contributed by atoms with Crippen molar-refractivity contribution in [3.05, 3.63) is 48.6 Å². The summed E-state index contributed by atoms with van der Waals surface area (Å²) >= 11 is 0. The van der Waals surface area contributed by atoms with E-state index in [4.69, 9.17) is 18.5 Å². The van der Waals surface area contributed by atoms with Crippen LogP contribution in [0.2, 0.25) is 0 Å². The number of esters is 2. The van der Waals surface area contributed by atoms with Crippen LogP contribution in [0, 0.1) is 0 Å². The molecule has 0 saturated heterocycles. The van der Waals surface area contributed by atoms with E-state index in [1.165, 1.54) is 225 Å². The standard InChI is InChI=1S/C71H134NO8P/c1-6-8-10-12-14-16-18-20-22-24-26-27-28-29-30-31-32-33-34-35-36-37-38-39-40-41-42-43-44-46-47-49-51-53-55-57-59-61-63-70(73)77-67-69(68-79-81(75,76)78-66-65-72(3,4)5)80-71(74)64-62-60-58-56-54-52-50-48-45-25-23-21-19-17-15-13-11-9-7-2/h9,11,15,17,21,23,45,48,69H,6-8,10,12-14,16,18-20,22,24-44,46-47,49-68H2,1-5H3/p+1/b11-9-,17-15-,23-21-,48-45-. The molecule has 0 aromatic carbocycles. The fourth-order valence-corrected chi connectivity index (χ4v) is 11.0. The fourth-order valence-electron chi connectivity index (χ4n) is 10.3. The van der Waals surface area contributed by atoms with Crippen molar-refractivity contribution in [3.63, 3.8) is 0 Å². The first-order valence-corrected chi connectivity index (χ1v) is 36.4. The summed E-state index contributed by atoms with van der Waals surface area (Å²) in [4.78, 5) is 35.8. The van der Waals surface area contributed by atoms with Crippen molar-refractivity contribution in [2.75, 3.05) is 47.5 Å². The van der Waals surface area contributed by atoms with Gasteiger partial charge in [-0.25, -0.2) is 4.57 Å². The van der Waals surface area contributed by atoms with E-state index in [1.54, 1.807) is 0 Å². The molecule has 0 aromatic heterocycles. The summed E-state index contributed by atoms with van der Waals surface area (Å²) in [6.07, 6.45) is 81.0. The van der Waals surface area contributed by atoms with Crippen molar-refractivity contribution < 1.29 is 42.1 Å². The van der Waals surface area contributed by atoms with Crippen molar-refractivity contribution in [1.82, 2.24) is 0 Å². The van der Waals surface area contributed by atoms with E-state index in [2.05, 4.69) is 62.5 Å². The van der Waals surface area contributed by atoms with Gasteiger partial charge in [0.15, 0.2) is 6.10 Å². The number of unbranched alkanes of at least 4 members (excludes halogenated alkanes) is 43. The van der Waals surface area contributed by atoms with Crippen LogP contribution >= 0.6 is 7.82 Å². The highest BCUT2D eigenvalue weighted by molar-refractivity contribution is 7.47. The Hall–Kier alpha value is -2.03. The van der Waals surface area contributed by atoms with Gasteiger partial charge in [0.05, 0.1) is 27.7 Å². The molecule has 0 aliphatic rings. The number of phosphoric acid groups is 1. The molecule has 81 heavy (non-hydrogen) atoms. The third-order valence-corrected chi connectivity index (χ3v) is 16.6. The van der Waals surface area contributed by atoms with Crippen LogP contribution in [0.1, 0.15) is 341 Å². The number of phosphoric ester groups is 1. The van der Waals surface area contributed by atoms with Crippen LogP contribution < -0.4 is 0 Å². The average Bonchev–Trinajstić information content (AvgIpc) is 3.44. The second kappa shape index (κ2) is 62.5. The summed E-state index contributed by atoms with van der Waals surface area (Å²) in [6.45, 7) is 4.35. The van der Waals surface area contributed by atoms with Gasteiger partial charge in [-0.3, -0.25) is 18.6 Å². The van der Waals surface area contributed by atoms with E-state index in [-0.39, 0.29) is 32.0 Å². The monoisotopic (exact) mass is 1160 g/mol. The number of allylic oxidation sites excluding steroid dienone is 8. The molecular weight excluding hydrogens is 1030 g/mol. The molecule has 0 rings (SSSR count). The Morgan fingerprint density at radius 1 is 0.395 bits per heavy atom. The molecule has 0 saturated carbocycles. The predicted octanol–water partition coefficient (Wildman–Crippen LogP) is 22.4. The number of nitrogens with zero attached hydrogens (tertiary/aromatic N) is 1. The molecule has 10 heteroatoms. The van der Waals surface area contributed by atoms with Crippen molar-refractivity contribution in [2.24, 2.45) is 0 Å². The van der Waals surface area contributed by atoms with Gasteiger partial charge in [-0.2, -0.15) is 0 Å². The number of ether oxygens (including phenoxy) is 2. The summed E-state index contributed by atoms with van der Waals surface area (Å²) < 4.78 is 34.6. The highest BCUT2D eigenvalue weighted by Crippen LogP contribution is 2.43. The van der Waals surface area contributed by atoms with E-state index < -0.39 is 26.5 Å². The number of rotatable bonds is 65. The van der Waals surface area contributed by atoms with E-state index in [1.807, 2.05) is 21.1 Å². The molecule has 0 heterocycles. The number of likely N-dealkylation sites (N-methyl/N-ethyl adjacent to an activating group) is 1. The quantitative estimate of drug-likeness (QED) is 0.0211. The summed E-state index contributed by atoms with van der Waals surface area (Å²) in [5.41, 5.74) is 0. The summed E-state index contributed by atoms with van der Waals surface area (Å²) in [5, 5.41) is 0. The maximum Gasteiger partial charge on any atom is 0.472 e. The molecule has 0 bridgehead atoms. The maximum absolute atomic E-state index is 12.8. The number of hydrogen-bond acceptors (Lipinski definition) is 7. The van der Waals surface area contributed by atoms with Gasteiger partial charge < -0.3 is 18.9 Å². The Bertz CT molecular complexity index is 1510. The third kappa shape index (κ3) is 67.0. The lowest BCUT2D eigenvalue weighted by atomic mass is 10.0. The Morgan fingerprint density at radius 3 is 1.05 bits per heavy atom. The number of carbonyl (C=O) groups is 2. The summed E-state index contributed by atoms with van der Waals surface area (Å²) in [5.74, 6) is -0.800. The van der Waals surface area contributed by atoms with Crippen LogP contribution in [0.3, 0.4) is 0 Å². The summed E-state index contributed by atoms with van der Waals surface area (Å²) in [6, 6.07) is 0. The fraction of sp³-hybridized carbons (Fsp3) is 0.859. The van der Waals surface area contributed by atoms with Crippen LogP contribution in [-0.2, 0) is 32.7 Å². The second-order valence-corrected chi connectivity index (χ2v) is 26.4. The van der Waals surface area contributed by atoms with Crippen molar-refractivity contribution in [1.29, 1.82) is 0 Å². The number of quaternary nitrogens is 1. The second-order valence-electron chi connectivity index (χ2n) is 24.9. The molecule has 0 aliphatic carbocycles. The molecule has 9 nitrogen and oxygen atoms in total. The first-order valence-electron chi connectivity index (χ1n) is 34.9. The molecule has 1 N–H and O–H groups in total. The molecule has 2 atom stereocenters. The van der Waals surface area contributed by atoms with Crippen LogP contribution in [0.5, 0.6) is 0 Å². The third-order valence-electron chi connectivity index (χ3n) is 15.6. The largest absolute Gasteiger partial charge is 0.472 e. The summed E-state index contributed by atoms with van der Waals surface area (Å²) in [7, 11) is 1.48. The van der Waals surface area contributed by atoms with E-state index >= 15 is 0 Å². The van der Waals surface area contributed by atoms with Crippen molar-refractivity contribution in [2.45, 2.75) is 347 Å². The highest BCUT2D eigenvalue weighted by Gasteiger charge is 2.27. The zero-order valence-corrected chi connectivity index (χ0v) is 55.2. The van der Waals surface area contributed by atoms with Gasteiger partial charge in [-0.1, -0.05) is 326 Å². The first kappa shape index (κ1) is 79.0. The van der Waals surface area contributed by atoms with Gasteiger partial charge in [-0.15, -0.1) is 0 Å². The van der Waals surface area contributed by atoms with Gasteiger partial charge in [0.1, 0.15) is 19.8 Å². The van der Waals surface area contributed by atoms with Gasteiger partial charge >= 0.3 is 19.8 Å². The first-order chi connectivity index (χ1) is 39.5. The van der Waals surface area contributed by atoms with Gasteiger partial charge in [-0.05, 0) is 51.4 Å². The van der Waals surface area contributed by atoms with E-state index in [0.29, 0.717) is 17.4 Å². The lowest BCUT2D eigenvalue weighted by molar-refractivity contribution is -0.870. The van der Waals surface area contributed by atoms with Crippen LogP contribution in [0.4, 0.5) is 0 Å². The zero-order valence-electron chi connectivity index (χ0n) is 54.3. The van der Waals surface area contributed by atoms with Crippen molar-refractivity contribution >= 4 is 19.8 Å². The highest BCUT2D eigenvalue weighted by atomic mass is 31.2. The molecular formula is C71H135NO8P+. The maximum atomic E-state index is 12.8. The Morgan fingerprint density at radius 2 is 0.704 bits per heavy atom. The smallest absolute Gasteiger partial charge is 0.462 e. The number of hydrogen-bond donors (Lipinski definition) is 1.